The van der Waals surface area contributed by atoms with E-state index in [-0.39, 0.29) is 0 Å². The lowest BCUT2D eigenvalue weighted by atomic mass is 10.2. The van der Waals surface area contributed by atoms with E-state index >= 15 is 0 Å². The number of benzene rings is 2. The lowest BCUT2D eigenvalue weighted by Crippen LogP contribution is -2.01. The van der Waals surface area contributed by atoms with Gasteiger partial charge in [-0.3, -0.25) is 0 Å². The molecule has 0 unspecified atom stereocenters. The number of fused-ring (bicyclic) bond motifs is 1. The van der Waals surface area contributed by atoms with E-state index < -0.39 is 0 Å². The lowest BCUT2D eigenvalue weighted by molar-refractivity contribution is 0.297. The van der Waals surface area contributed by atoms with E-state index in [4.69, 9.17) is 4.74 Å². The Morgan fingerprint density at radius 2 is 1.90 bits per heavy atom. The number of phenols is 1. The molecule has 20 heavy (non-hydrogen) atoms. The van der Waals surface area contributed by atoms with Crippen molar-refractivity contribution in [3.63, 3.8) is 0 Å². The number of aryl methyl sites for hydroxylation is 2. The molecule has 0 aliphatic carbocycles. The van der Waals surface area contributed by atoms with Crippen LogP contribution in [0.15, 0.2) is 48.5 Å². The molecule has 3 rings (SSSR count). The molecule has 0 aliphatic heterocycles. The molecule has 0 bridgehead atoms. The van der Waals surface area contributed by atoms with Crippen LogP contribution in [0.1, 0.15) is 11.3 Å². The summed E-state index contributed by atoms with van der Waals surface area (Å²) >= 11 is 0. The minimum Gasteiger partial charge on any atom is -0.507 e. The van der Waals surface area contributed by atoms with Gasteiger partial charge in [0.1, 0.15) is 18.1 Å². The molecule has 1 aromatic heterocycles. The number of nitrogens with zero attached hydrogens (tertiary/aromatic N) is 1. The van der Waals surface area contributed by atoms with Crippen LogP contribution in [0.5, 0.6) is 11.5 Å². The lowest BCUT2D eigenvalue weighted by Gasteiger charge is -2.08. The Bertz CT molecular complexity index is 759. The van der Waals surface area contributed by atoms with Crippen LogP contribution in [-0.4, -0.2) is 9.67 Å². The summed E-state index contributed by atoms with van der Waals surface area (Å²) in [6.07, 6.45) is 0. The van der Waals surface area contributed by atoms with Crippen molar-refractivity contribution in [3.8, 4) is 11.5 Å². The fraction of sp³-hybridized carbons (Fsp3) is 0.176. The highest BCUT2D eigenvalue weighted by Crippen LogP contribution is 2.27. The maximum atomic E-state index is 9.88. The number of hydrogen-bond donors (Lipinski definition) is 1. The molecule has 0 atom stereocenters. The van der Waals surface area contributed by atoms with E-state index in [0.29, 0.717) is 12.4 Å². The second-order valence-corrected chi connectivity index (χ2v) is 5.01. The van der Waals surface area contributed by atoms with Gasteiger partial charge in [-0.15, -0.1) is 0 Å². The Kier molecular flexibility index (Phi) is 3.11. The van der Waals surface area contributed by atoms with Crippen molar-refractivity contribution in [3.05, 3.63) is 59.8 Å². The fourth-order valence-corrected chi connectivity index (χ4v) is 2.40. The van der Waals surface area contributed by atoms with E-state index in [1.165, 1.54) is 5.56 Å². The van der Waals surface area contributed by atoms with Gasteiger partial charge in [0.25, 0.3) is 0 Å². The van der Waals surface area contributed by atoms with Gasteiger partial charge in [-0.05, 0) is 42.8 Å². The zero-order chi connectivity index (χ0) is 14.1. The monoisotopic (exact) mass is 267 g/mol. The van der Waals surface area contributed by atoms with Crippen molar-refractivity contribution in [1.82, 2.24) is 4.57 Å². The van der Waals surface area contributed by atoms with Crippen LogP contribution in [0, 0.1) is 6.92 Å². The maximum absolute atomic E-state index is 9.88. The van der Waals surface area contributed by atoms with Gasteiger partial charge in [0.2, 0.25) is 0 Å². The highest BCUT2D eigenvalue weighted by molar-refractivity contribution is 5.87. The van der Waals surface area contributed by atoms with Crippen LogP contribution in [-0.2, 0) is 13.7 Å². The third kappa shape index (κ3) is 2.23. The minimum absolute atomic E-state index is 0.305. The first-order valence-electron chi connectivity index (χ1n) is 6.61. The number of rotatable bonds is 3. The summed E-state index contributed by atoms with van der Waals surface area (Å²) in [4.78, 5) is 0. The Morgan fingerprint density at radius 3 is 2.65 bits per heavy atom. The molecule has 0 amide bonds. The van der Waals surface area contributed by atoms with Gasteiger partial charge in [0, 0.05) is 12.4 Å². The van der Waals surface area contributed by atoms with E-state index in [1.54, 1.807) is 6.07 Å². The predicted molar refractivity (Wildman–Crippen MR) is 80.1 cm³/mol. The Labute approximate surface area is 118 Å². The fourth-order valence-electron chi connectivity index (χ4n) is 2.40. The summed E-state index contributed by atoms with van der Waals surface area (Å²) in [6.45, 7) is 2.52. The van der Waals surface area contributed by atoms with Crippen LogP contribution in [0.25, 0.3) is 10.9 Å². The summed E-state index contributed by atoms with van der Waals surface area (Å²) in [5.74, 6) is 1.17. The standard InChI is InChI=1S/C17H17NO2/c1-12-5-3-6-14(9-12)20-11-13-10-15-16(18(13)2)7-4-8-17(15)19/h3-10,19H,11H2,1-2H3. The van der Waals surface area contributed by atoms with Crippen molar-refractivity contribution in [2.75, 3.05) is 0 Å². The highest BCUT2D eigenvalue weighted by Gasteiger charge is 2.09. The first-order chi connectivity index (χ1) is 9.65. The highest BCUT2D eigenvalue weighted by atomic mass is 16.5. The van der Waals surface area contributed by atoms with Gasteiger partial charge in [0.05, 0.1) is 11.2 Å². The second kappa shape index (κ2) is 4.93. The summed E-state index contributed by atoms with van der Waals surface area (Å²) in [6, 6.07) is 15.5. The number of aromatic nitrogens is 1. The van der Waals surface area contributed by atoms with Gasteiger partial charge in [0.15, 0.2) is 0 Å². The molecule has 1 N–H and O–H groups in total. The molecular formula is C17H17NO2. The van der Waals surface area contributed by atoms with E-state index in [0.717, 1.165) is 22.3 Å². The Hall–Kier alpha value is -2.42. The van der Waals surface area contributed by atoms with Crippen molar-refractivity contribution < 1.29 is 9.84 Å². The van der Waals surface area contributed by atoms with Gasteiger partial charge >= 0.3 is 0 Å². The molecule has 3 heteroatoms. The second-order valence-electron chi connectivity index (χ2n) is 5.01. The van der Waals surface area contributed by atoms with Crippen LogP contribution in [0.2, 0.25) is 0 Å². The molecule has 0 radical (unpaired) electrons. The first-order valence-corrected chi connectivity index (χ1v) is 6.61. The average Bonchev–Trinajstić information content (AvgIpc) is 2.75. The molecule has 0 aliphatic rings. The van der Waals surface area contributed by atoms with Crippen molar-refractivity contribution in [2.45, 2.75) is 13.5 Å². The zero-order valence-corrected chi connectivity index (χ0v) is 11.6. The summed E-state index contributed by atoms with van der Waals surface area (Å²) in [5.41, 5.74) is 3.22. The zero-order valence-electron chi connectivity index (χ0n) is 11.6. The summed E-state index contributed by atoms with van der Waals surface area (Å²) < 4.78 is 7.87. The van der Waals surface area contributed by atoms with Gasteiger partial charge in [-0.2, -0.15) is 0 Å². The van der Waals surface area contributed by atoms with Gasteiger partial charge < -0.3 is 14.4 Å². The normalized spacial score (nSPS) is 10.9. The number of phenolic OH excluding ortho intramolecular Hbond substituents is 1. The maximum Gasteiger partial charge on any atom is 0.128 e. The average molecular weight is 267 g/mol. The van der Waals surface area contributed by atoms with Gasteiger partial charge in [-0.1, -0.05) is 18.2 Å². The summed E-state index contributed by atoms with van der Waals surface area (Å²) in [5, 5.41) is 10.7. The molecule has 1 heterocycles. The molecular weight excluding hydrogens is 250 g/mol. The molecule has 0 spiro atoms. The van der Waals surface area contributed by atoms with Crippen molar-refractivity contribution >= 4 is 10.9 Å². The Balaban J connectivity index is 1.88. The van der Waals surface area contributed by atoms with Gasteiger partial charge in [-0.25, -0.2) is 0 Å². The first kappa shape index (κ1) is 12.6. The predicted octanol–water partition coefficient (Wildman–Crippen LogP) is 3.77. The van der Waals surface area contributed by atoms with Crippen molar-refractivity contribution in [1.29, 1.82) is 0 Å². The third-order valence-electron chi connectivity index (χ3n) is 3.54. The smallest absolute Gasteiger partial charge is 0.128 e. The number of aromatic hydroxyl groups is 1. The van der Waals surface area contributed by atoms with Crippen LogP contribution in [0.4, 0.5) is 0 Å². The number of ether oxygens (including phenoxy) is 1. The molecule has 0 saturated heterocycles. The van der Waals surface area contributed by atoms with E-state index in [2.05, 4.69) is 0 Å². The number of hydrogen-bond acceptors (Lipinski definition) is 2. The Morgan fingerprint density at radius 1 is 1.10 bits per heavy atom. The molecule has 3 nitrogen and oxygen atoms in total. The molecule has 2 aromatic carbocycles. The summed E-state index contributed by atoms with van der Waals surface area (Å²) in [7, 11) is 1.98. The quantitative estimate of drug-likeness (QED) is 0.783. The van der Waals surface area contributed by atoms with Crippen LogP contribution in [0.3, 0.4) is 0 Å². The van der Waals surface area contributed by atoms with Crippen LogP contribution < -0.4 is 4.74 Å². The SMILES string of the molecule is Cc1cccc(OCc2cc3c(O)cccc3n2C)c1. The minimum atomic E-state index is 0.305. The topological polar surface area (TPSA) is 34.4 Å². The molecule has 0 saturated carbocycles. The molecule has 0 fully saturated rings. The van der Waals surface area contributed by atoms with Crippen molar-refractivity contribution in [2.24, 2.45) is 7.05 Å². The largest absolute Gasteiger partial charge is 0.507 e. The molecule has 3 aromatic rings. The van der Waals surface area contributed by atoms with Crippen LogP contribution >= 0.6 is 0 Å². The van der Waals surface area contributed by atoms with E-state index in [9.17, 15) is 5.11 Å². The third-order valence-corrected chi connectivity index (χ3v) is 3.54. The molecule has 102 valence electrons. The van der Waals surface area contributed by atoms with E-state index in [1.807, 2.05) is 61.0 Å².